The van der Waals surface area contributed by atoms with Crippen LogP contribution in [0.15, 0.2) is 0 Å². The fourth-order valence-corrected chi connectivity index (χ4v) is 3.07. The lowest BCUT2D eigenvalue weighted by Gasteiger charge is -2.36. The molecule has 0 aromatic carbocycles. The SMILES string of the molecule is CN(C)CC(O)CNC(=O)C1CCC(C(C)(C)C)CC1. The second-order valence-corrected chi connectivity index (χ2v) is 7.58. The highest BCUT2D eigenvalue weighted by atomic mass is 16.3. The van der Waals surface area contributed by atoms with E-state index in [2.05, 4.69) is 26.1 Å². The lowest BCUT2D eigenvalue weighted by molar-refractivity contribution is -0.127. The molecule has 118 valence electrons. The molecule has 0 saturated heterocycles. The molecule has 0 spiro atoms. The summed E-state index contributed by atoms with van der Waals surface area (Å²) in [4.78, 5) is 14.0. The highest BCUT2D eigenvalue weighted by Gasteiger charge is 2.32. The van der Waals surface area contributed by atoms with E-state index in [4.69, 9.17) is 0 Å². The predicted octanol–water partition coefficient (Wildman–Crippen LogP) is 1.88. The van der Waals surface area contributed by atoms with Gasteiger partial charge in [0, 0.05) is 19.0 Å². The van der Waals surface area contributed by atoms with Crippen LogP contribution in [0.1, 0.15) is 46.5 Å². The van der Waals surface area contributed by atoms with Gasteiger partial charge in [0.15, 0.2) is 0 Å². The summed E-state index contributed by atoms with van der Waals surface area (Å²) in [6.07, 6.45) is 3.76. The third kappa shape index (κ3) is 5.80. The molecule has 2 N–H and O–H groups in total. The summed E-state index contributed by atoms with van der Waals surface area (Å²) in [5, 5.41) is 12.7. The Kier molecular flexibility index (Phi) is 6.46. The van der Waals surface area contributed by atoms with Gasteiger partial charge in [-0.05, 0) is 51.1 Å². The van der Waals surface area contributed by atoms with E-state index in [-0.39, 0.29) is 11.8 Å². The molecule has 1 amide bonds. The molecule has 4 nitrogen and oxygen atoms in total. The van der Waals surface area contributed by atoms with Crippen LogP contribution < -0.4 is 5.32 Å². The van der Waals surface area contributed by atoms with Gasteiger partial charge in [-0.3, -0.25) is 4.79 Å². The zero-order valence-corrected chi connectivity index (χ0v) is 13.8. The molecule has 20 heavy (non-hydrogen) atoms. The first-order chi connectivity index (χ1) is 9.20. The minimum Gasteiger partial charge on any atom is -0.390 e. The molecule has 1 atom stereocenters. The summed E-state index contributed by atoms with van der Waals surface area (Å²) in [6, 6.07) is 0. The summed E-state index contributed by atoms with van der Waals surface area (Å²) >= 11 is 0. The fraction of sp³-hybridized carbons (Fsp3) is 0.938. The third-order valence-electron chi connectivity index (χ3n) is 4.41. The van der Waals surface area contributed by atoms with Crippen molar-refractivity contribution in [1.29, 1.82) is 0 Å². The Morgan fingerprint density at radius 3 is 2.25 bits per heavy atom. The van der Waals surface area contributed by atoms with E-state index in [1.807, 2.05) is 19.0 Å². The maximum absolute atomic E-state index is 12.1. The van der Waals surface area contributed by atoms with Crippen LogP contribution in [0.2, 0.25) is 0 Å². The topological polar surface area (TPSA) is 52.6 Å². The number of rotatable bonds is 5. The number of nitrogens with one attached hydrogen (secondary N) is 1. The first kappa shape index (κ1) is 17.4. The van der Waals surface area contributed by atoms with Crippen LogP contribution in [0.4, 0.5) is 0 Å². The van der Waals surface area contributed by atoms with Gasteiger partial charge >= 0.3 is 0 Å². The van der Waals surface area contributed by atoms with Gasteiger partial charge in [-0.25, -0.2) is 0 Å². The van der Waals surface area contributed by atoms with Crippen molar-refractivity contribution in [3.05, 3.63) is 0 Å². The molecular formula is C16H32N2O2. The first-order valence-electron chi connectivity index (χ1n) is 7.80. The number of amides is 1. The number of likely N-dealkylation sites (N-methyl/N-ethyl adjacent to an activating group) is 1. The Labute approximate surface area is 123 Å². The molecule has 1 aliphatic carbocycles. The second kappa shape index (κ2) is 7.41. The summed E-state index contributed by atoms with van der Waals surface area (Å²) in [5.41, 5.74) is 0.351. The van der Waals surface area contributed by atoms with E-state index in [9.17, 15) is 9.90 Å². The summed E-state index contributed by atoms with van der Waals surface area (Å²) < 4.78 is 0. The van der Waals surface area contributed by atoms with Crippen molar-refractivity contribution in [2.75, 3.05) is 27.2 Å². The number of carbonyl (C=O) groups excluding carboxylic acids is 1. The Bertz CT molecular complexity index is 302. The van der Waals surface area contributed by atoms with Crippen molar-refractivity contribution in [3.8, 4) is 0 Å². The van der Waals surface area contributed by atoms with Gasteiger partial charge in [-0.1, -0.05) is 20.8 Å². The standard InChI is InChI=1S/C16H32N2O2/c1-16(2,3)13-8-6-12(7-9-13)15(20)17-10-14(19)11-18(4)5/h12-14,19H,6-11H2,1-5H3,(H,17,20). The number of aliphatic hydroxyl groups excluding tert-OH is 1. The maximum atomic E-state index is 12.1. The van der Waals surface area contributed by atoms with Crippen molar-refractivity contribution in [2.45, 2.75) is 52.6 Å². The minimum atomic E-state index is -0.486. The van der Waals surface area contributed by atoms with Gasteiger partial charge in [0.1, 0.15) is 0 Å². The van der Waals surface area contributed by atoms with E-state index >= 15 is 0 Å². The number of aliphatic hydroxyl groups is 1. The summed E-state index contributed by atoms with van der Waals surface area (Å²) in [5.74, 6) is 0.987. The van der Waals surface area contributed by atoms with Crippen LogP contribution in [0.25, 0.3) is 0 Å². The van der Waals surface area contributed by atoms with Gasteiger partial charge < -0.3 is 15.3 Å². The molecule has 1 fully saturated rings. The van der Waals surface area contributed by atoms with Crippen LogP contribution in [-0.2, 0) is 4.79 Å². The van der Waals surface area contributed by atoms with Crippen LogP contribution in [0.3, 0.4) is 0 Å². The highest BCUT2D eigenvalue weighted by Crippen LogP contribution is 2.39. The Hall–Kier alpha value is -0.610. The number of carbonyl (C=O) groups is 1. The average molecular weight is 284 g/mol. The van der Waals surface area contributed by atoms with Gasteiger partial charge in [-0.2, -0.15) is 0 Å². The van der Waals surface area contributed by atoms with E-state index in [1.165, 1.54) is 0 Å². The van der Waals surface area contributed by atoms with Crippen LogP contribution >= 0.6 is 0 Å². The van der Waals surface area contributed by atoms with Crippen LogP contribution in [0.5, 0.6) is 0 Å². The van der Waals surface area contributed by atoms with Crippen molar-refractivity contribution in [3.63, 3.8) is 0 Å². The molecule has 4 heteroatoms. The highest BCUT2D eigenvalue weighted by molar-refractivity contribution is 5.78. The first-order valence-corrected chi connectivity index (χ1v) is 7.80. The molecule has 1 unspecified atom stereocenters. The van der Waals surface area contributed by atoms with Gasteiger partial charge in [0.2, 0.25) is 5.91 Å². The Balaban J connectivity index is 2.29. The zero-order chi connectivity index (χ0) is 15.3. The number of nitrogens with zero attached hydrogens (tertiary/aromatic N) is 1. The molecule has 0 aromatic rings. The molecule has 0 aliphatic heterocycles. The van der Waals surface area contributed by atoms with E-state index in [0.717, 1.165) is 31.6 Å². The lowest BCUT2D eigenvalue weighted by Crippen LogP contribution is -2.41. The smallest absolute Gasteiger partial charge is 0.223 e. The van der Waals surface area contributed by atoms with Gasteiger partial charge in [0.25, 0.3) is 0 Å². The molecule has 0 heterocycles. The second-order valence-electron chi connectivity index (χ2n) is 7.58. The maximum Gasteiger partial charge on any atom is 0.223 e. The van der Waals surface area contributed by atoms with Crippen LogP contribution in [-0.4, -0.2) is 49.2 Å². The van der Waals surface area contributed by atoms with E-state index in [1.54, 1.807) is 0 Å². The molecule has 0 radical (unpaired) electrons. The van der Waals surface area contributed by atoms with Gasteiger partial charge in [0.05, 0.1) is 6.10 Å². The largest absolute Gasteiger partial charge is 0.390 e. The Morgan fingerprint density at radius 1 is 1.25 bits per heavy atom. The molecule has 1 aliphatic rings. The van der Waals surface area contributed by atoms with Crippen molar-refractivity contribution in [1.82, 2.24) is 10.2 Å². The quantitative estimate of drug-likeness (QED) is 0.810. The number of hydrogen-bond acceptors (Lipinski definition) is 3. The molecule has 0 bridgehead atoms. The summed E-state index contributed by atoms with van der Waals surface area (Å²) in [7, 11) is 3.83. The fourth-order valence-electron chi connectivity index (χ4n) is 3.07. The zero-order valence-electron chi connectivity index (χ0n) is 13.8. The monoisotopic (exact) mass is 284 g/mol. The lowest BCUT2D eigenvalue weighted by atomic mass is 9.69. The molecule has 1 saturated carbocycles. The average Bonchev–Trinajstić information content (AvgIpc) is 2.34. The molecule has 0 aromatic heterocycles. The van der Waals surface area contributed by atoms with E-state index in [0.29, 0.717) is 18.5 Å². The normalized spacial score (nSPS) is 25.6. The predicted molar refractivity (Wildman–Crippen MR) is 82.5 cm³/mol. The summed E-state index contributed by atoms with van der Waals surface area (Å²) in [6.45, 7) is 7.80. The molecular weight excluding hydrogens is 252 g/mol. The van der Waals surface area contributed by atoms with Gasteiger partial charge in [-0.15, -0.1) is 0 Å². The van der Waals surface area contributed by atoms with Crippen LogP contribution in [0, 0.1) is 17.3 Å². The molecule has 1 rings (SSSR count). The van der Waals surface area contributed by atoms with Crippen molar-refractivity contribution in [2.24, 2.45) is 17.3 Å². The third-order valence-corrected chi connectivity index (χ3v) is 4.41. The minimum absolute atomic E-state index is 0.121. The Morgan fingerprint density at radius 2 is 1.80 bits per heavy atom. The van der Waals surface area contributed by atoms with Crippen molar-refractivity contribution >= 4 is 5.91 Å². The van der Waals surface area contributed by atoms with Crippen molar-refractivity contribution < 1.29 is 9.90 Å². The number of hydrogen-bond donors (Lipinski definition) is 2. The van der Waals surface area contributed by atoms with E-state index < -0.39 is 6.10 Å².